The first-order valence-corrected chi connectivity index (χ1v) is 7.40. The lowest BCUT2D eigenvalue weighted by Crippen LogP contribution is -2.25. The molecule has 1 N–H and O–H groups in total. The van der Waals surface area contributed by atoms with Gasteiger partial charge in [0.25, 0.3) is 5.91 Å². The molecule has 0 unspecified atom stereocenters. The van der Waals surface area contributed by atoms with Gasteiger partial charge in [-0.3, -0.25) is 4.79 Å². The summed E-state index contributed by atoms with van der Waals surface area (Å²) in [7, 11) is 1.54. The van der Waals surface area contributed by atoms with Crippen LogP contribution in [0.15, 0.2) is 49.6 Å². The SMILES string of the molecule is C=CCOc1ccc(C(=O)NCCCn2ccnc2)cc1OC. The normalized spacial score (nSPS) is 10.1. The molecule has 0 atom stereocenters. The molecule has 0 aliphatic carbocycles. The molecule has 0 saturated carbocycles. The third kappa shape index (κ3) is 4.88. The number of hydrogen-bond acceptors (Lipinski definition) is 4. The van der Waals surface area contributed by atoms with E-state index in [1.165, 1.54) is 0 Å². The van der Waals surface area contributed by atoms with Crippen LogP contribution in [0.25, 0.3) is 0 Å². The molecule has 1 aromatic heterocycles. The summed E-state index contributed by atoms with van der Waals surface area (Å²) in [5.74, 6) is 0.978. The zero-order valence-corrected chi connectivity index (χ0v) is 13.2. The lowest BCUT2D eigenvalue weighted by molar-refractivity contribution is 0.0952. The number of rotatable bonds is 9. The second kappa shape index (κ2) is 8.63. The molecule has 0 radical (unpaired) electrons. The van der Waals surface area contributed by atoms with E-state index in [1.807, 2.05) is 10.8 Å². The number of ether oxygens (including phenoxy) is 2. The smallest absolute Gasteiger partial charge is 0.251 e. The highest BCUT2D eigenvalue weighted by molar-refractivity contribution is 5.94. The zero-order valence-electron chi connectivity index (χ0n) is 13.2. The standard InChI is InChI=1S/C17H21N3O3/c1-3-11-23-15-6-5-14(12-16(15)22-2)17(21)19-7-4-9-20-10-8-18-13-20/h3,5-6,8,10,12-13H,1,4,7,9,11H2,2H3,(H,19,21). The van der Waals surface area contributed by atoms with Crippen LogP contribution in [0.2, 0.25) is 0 Å². The number of carbonyl (C=O) groups is 1. The fourth-order valence-electron chi connectivity index (χ4n) is 2.06. The first-order valence-electron chi connectivity index (χ1n) is 7.40. The molecule has 0 aliphatic heterocycles. The second-order valence-electron chi connectivity index (χ2n) is 4.88. The van der Waals surface area contributed by atoms with Crippen LogP contribution in [-0.4, -0.2) is 35.7 Å². The van der Waals surface area contributed by atoms with Crippen LogP contribution >= 0.6 is 0 Å². The van der Waals surface area contributed by atoms with Gasteiger partial charge < -0.3 is 19.4 Å². The molecule has 1 aromatic carbocycles. The van der Waals surface area contributed by atoms with Gasteiger partial charge in [-0.05, 0) is 24.6 Å². The van der Waals surface area contributed by atoms with Gasteiger partial charge in [0.05, 0.1) is 13.4 Å². The van der Waals surface area contributed by atoms with Crippen molar-refractivity contribution in [3.05, 3.63) is 55.1 Å². The van der Waals surface area contributed by atoms with E-state index in [2.05, 4.69) is 16.9 Å². The van der Waals surface area contributed by atoms with Crippen molar-refractivity contribution in [2.24, 2.45) is 0 Å². The van der Waals surface area contributed by atoms with Gasteiger partial charge in [0.1, 0.15) is 6.61 Å². The summed E-state index contributed by atoms with van der Waals surface area (Å²) >= 11 is 0. The lowest BCUT2D eigenvalue weighted by Gasteiger charge is -2.11. The van der Waals surface area contributed by atoms with Crippen molar-refractivity contribution >= 4 is 5.91 Å². The number of carbonyl (C=O) groups excluding carboxylic acids is 1. The number of hydrogen-bond donors (Lipinski definition) is 1. The summed E-state index contributed by atoms with van der Waals surface area (Å²) < 4.78 is 12.7. The predicted octanol–water partition coefficient (Wildman–Crippen LogP) is 2.28. The predicted molar refractivity (Wildman–Crippen MR) is 87.9 cm³/mol. The molecule has 1 amide bonds. The molecule has 2 rings (SSSR count). The van der Waals surface area contributed by atoms with Gasteiger partial charge in [-0.1, -0.05) is 12.7 Å². The average molecular weight is 315 g/mol. The van der Waals surface area contributed by atoms with Gasteiger partial charge >= 0.3 is 0 Å². The number of methoxy groups -OCH3 is 1. The monoisotopic (exact) mass is 315 g/mol. The molecule has 0 aliphatic rings. The molecule has 23 heavy (non-hydrogen) atoms. The highest BCUT2D eigenvalue weighted by Crippen LogP contribution is 2.28. The van der Waals surface area contributed by atoms with Crippen LogP contribution in [0.4, 0.5) is 0 Å². The zero-order chi connectivity index (χ0) is 16.5. The maximum Gasteiger partial charge on any atom is 0.251 e. The molecular formula is C17H21N3O3. The summed E-state index contributed by atoms with van der Waals surface area (Å²) in [6, 6.07) is 5.11. The Morgan fingerprint density at radius 1 is 1.43 bits per heavy atom. The van der Waals surface area contributed by atoms with Crippen molar-refractivity contribution in [3.63, 3.8) is 0 Å². The third-order valence-corrected chi connectivity index (χ3v) is 3.22. The van der Waals surface area contributed by atoms with Crippen LogP contribution < -0.4 is 14.8 Å². The Morgan fingerprint density at radius 2 is 2.30 bits per heavy atom. The van der Waals surface area contributed by atoms with Crippen LogP contribution in [0.5, 0.6) is 11.5 Å². The summed E-state index contributed by atoms with van der Waals surface area (Å²) in [6.45, 7) is 5.40. The highest BCUT2D eigenvalue weighted by atomic mass is 16.5. The summed E-state index contributed by atoms with van der Waals surface area (Å²) in [6.07, 6.45) is 7.88. The first-order chi connectivity index (χ1) is 11.2. The lowest BCUT2D eigenvalue weighted by atomic mass is 10.2. The van der Waals surface area contributed by atoms with E-state index in [4.69, 9.17) is 9.47 Å². The molecule has 6 heteroatoms. The molecule has 122 valence electrons. The maximum absolute atomic E-state index is 12.2. The second-order valence-corrected chi connectivity index (χ2v) is 4.88. The summed E-state index contributed by atoms with van der Waals surface area (Å²) in [5.41, 5.74) is 0.537. The van der Waals surface area contributed by atoms with Gasteiger partial charge in [-0.2, -0.15) is 0 Å². The molecule has 1 heterocycles. The van der Waals surface area contributed by atoms with E-state index < -0.39 is 0 Å². The number of benzene rings is 1. The van der Waals surface area contributed by atoms with E-state index in [-0.39, 0.29) is 5.91 Å². The summed E-state index contributed by atoms with van der Waals surface area (Å²) in [4.78, 5) is 16.1. The van der Waals surface area contributed by atoms with Crippen LogP contribution in [0.1, 0.15) is 16.8 Å². The Balaban J connectivity index is 1.87. The number of nitrogens with one attached hydrogen (secondary N) is 1. The minimum Gasteiger partial charge on any atom is -0.493 e. The topological polar surface area (TPSA) is 65.4 Å². The minimum absolute atomic E-state index is 0.135. The summed E-state index contributed by atoms with van der Waals surface area (Å²) in [5, 5.41) is 2.89. The molecule has 0 bridgehead atoms. The molecule has 2 aromatic rings. The van der Waals surface area contributed by atoms with E-state index in [0.717, 1.165) is 13.0 Å². The van der Waals surface area contributed by atoms with Gasteiger partial charge in [0, 0.05) is 31.0 Å². The Hall–Kier alpha value is -2.76. The van der Waals surface area contributed by atoms with Crippen molar-refractivity contribution in [2.45, 2.75) is 13.0 Å². The number of aryl methyl sites for hydroxylation is 1. The average Bonchev–Trinajstić information content (AvgIpc) is 3.10. The fraction of sp³-hybridized carbons (Fsp3) is 0.294. The Morgan fingerprint density at radius 3 is 3.00 bits per heavy atom. The Kier molecular flexibility index (Phi) is 6.23. The highest BCUT2D eigenvalue weighted by Gasteiger charge is 2.10. The molecular weight excluding hydrogens is 294 g/mol. The van der Waals surface area contributed by atoms with Gasteiger partial charge in [0.2, 0.25) is 0 Å². The van der Waals surface area contributed by atoms with E-state index in [1.54, 1.807) is 43.9 Å². The van der Waals surface area contributed by atoms with Gasteiger partial charge in [-0.15, -0.1) is 0 Å². The minimum atomic E-state index is -0.135. The fourth-order valence-corrected chi connectivity index (χ4v) is 2.06. The van der Waals surface area contributed by atoms with E-state index in [9.17, 15) is 4.79 Å². The van der Waals surface area contributed by atoms with E-state index >= 15 is 0 Å². The Labute approximate surface area is 135 Å². The maximum atomic E-state index is 12.2. The van der Waals surface area contributed by atoms with Gasteiger partial charge in [0.15, 0.2) is 11.5 Å². The number of nitrogens with zero attached hydrogens (tertiary/aromatic N) is 2. The van der Waals surface area contributed by atoms with Crippen LogP contribution in [-0.2, 0) is 6.54 Å². The number of amides is 1. The van der Waals surface area contributed by atoms with Crippen molar-refractivity contribution in [3.8, 4) is 11.5 Å². The van der Waals surface area contributed by atoms with Crippen molar-refractivity contribution < 1.29 is 14.3 Å². The third-order valence-electron chi connectivity index (χ3n) is 3.22. The number of imidazole rings is 1. The Bertz CT molecular complexity index is 639. The molecule has 0 fully saturated rings. The molecule has 0 spiro atoms. The number of aromatic nitrogens is 2. The van der Waals surface area contributed by atoms with E-state index in [0.29, 0.717) is 30.2 Å². The quantitative estimate of drug-likeness (QED) is 0.569. The van der Waals surface area contributed by atoms with Crippen LogP contribution in [0.3, 0.4) is 0 Å². The van der Waals surface area contributed by atoms with Crippen molar-refractivity contribution in [1.82, 2.24) is 14.9 Å². The molecule has 6 nitrogen and oxygen atoms in total. The largest absolute Gasteiger partial charge is 0.493 e. The van der Waals surface area contributed by atoms with Gasteiger partial charge in [-0.25, -0.2) is 4.98 Å². The van der Waals surface area contributed by atoms with Crippen molar-refractivity contribution in [2.75, 3.05) is 20.3 Å². The first kappa shape index (κ1) is 16.6. The molecule has 0 saturated heterocycles. The van der Waals surface area contributed by atoms with Crippen LogP contribution in [0, 0.1) is 0 Å². The van der Waals surface area contributed by atoms with Crippen molar-refractivity contribution in [1.29, 1.82) is 0 Å².